The Balaban J connectivity index is 2.34. The number of hydrogen-bond donors (Lipinski definition) is 2. The molecule has 0 spiro atoms. The lowest BCUT2D eigenvalue weighted by molar-refractivity contribution is 0.512. The van der Waals surface area contributed by atoms with E-state index in [2.05, 4.69) is 21.6 Å². The molecule has 158 valence electrons. The molecule has 0 unspecified atom stereocenters. The average Bonchev–Trinajstić information content (AvgIpc) is 2.72. The van der Waals surface area contributed by atoms with Crippen LogP contribution in [0.5, 0.6) is 0 Å². The molecule has 0 amide bonds. The molecule has 0 saturated heterocycles. The number of aliphatic imine (C=N–C) groups is 1. The van der Waals surface area contributed by atoms with Gasteiger partial charge in [-0.1, -0.05) is 25.5 Å². The first-order chi connectivity index (χ1) is 14.3. The summed E-state index contributed by atoms with van der Waals surface area (Å²) in [6.45, 7) is 7.84. The molecule has 5 nitrogen and oxygen atoms in total. The SMILES string of the molecule is C=C1C(=N/C=C(\C)N(C)C)C=CC(Nc2c(F)ccc(NSCCC)c2F)=C1C#N. The second kappa shape index (κ2) is 10.6. The zero-order valence-corrected chi connectivity index (χ0v) is 18.3. The van der Waals surface area contributed by atoms with Gasteiger partial charge < -0.3 is 14.9 Å². The largest absolute Gasteiger partial charge is 0.380 e. The van der Waals surface area contributed by atoms with Gasteiger partial charge in [0.15, 0.2) is 5.82 Å². The maximum Gasteiger partial charge on any atom is 0.173 e. The van der Waals surface area contributed by atoms with Crippen LogP contribution in [-0.2, 0) is 0 Å². The molecular formula is C22H25F2N5S. The molecule has 1 aliphatic rings. The van der Waals surface area contributed by atoms with Crippen molar-refractivity contribution in [2.45, 2.75) is 20.3 Å². The van der Waals surface area contributed by atoms with Gasteiger partial charge in [-0.3, -0.25) is 4.99 Å². The number of rotatable bonds is 8. The van der Waals surface area contributed by atoms with E-state index in [0.29, 0.717) is 11.3 Å². The summed E-state index contributed by atoms with van der Waals surface area (Å²) >= 11 is 1.34. The van der Waals surface area contributed by atoms with Gasteiger partial charge in [-0.15, -0.1) is 0 Å². The molecule has 0 aliphatic heterocycles. The fraction of sp³-hybridized carbons (Fsp3) is 0.273. The van der Waals surface area contributed by atoms with Crippen LogP contribution in [0.3, 0.4) is 0 Å². The van der Waals surface area contributed by atoms with Crippen molar-refractivity contribution in [1.29, 1.82) is 5.26 Å². The lowest BCUT2D eigenvalue weighted by Crippen LogP contribution is -2.14. The number of benzene rings is 1. The van der Waals surface area contributed by atoms with Crippen molar-refractivity contribution in [2.75, 3.05) is 29.9 Å². The highest BCUT2D eigenvalue weighted by molar-refractivity contribution is 8.00. The van der Waals surface area contributed by atoms with Gasteiger partial charge in [0, 0.05) is 37.3 Å². The Hall–Kier alpha value is -3.05. The number of nitrogens with one attached hydrogen (secondary N) is 2. The first-order valence-electron chi connectivity index (χ1n) is 9.36. The Kier molecular flexibility index (Phi) is 8.25. The highest BCUT2D eigenvalue weighted by Crippen LogP contribution is 2.31. The van der Waals surface area contributed by atoms with Crippen LogP contribution < -0.4 is 10.0 Å². The van der Waals surface area contributed by atoms with E-state index in [9.17, 15) is 14.0 Å². The molecule has 2 N–H and O–H groups in total. The van der Waals surface area contributed by atoms with Crippen molar-refractivity contribution in [3.8, 4) is 6.07 Å². The normalized spacial score (nSPS) is 15.4. The molecule has 1 aromatic carbocycles. The van der Waals surface area contributed by atoms with E-state index < -0.39 is 11.6 Å². The van der Waals surface area contributed by atoms with Gasteiger partial charge in [-0.2, -0.15) is 5.26 Å². The second-order valence-corrected chi connectivity index (χ2v) is 7.65. The minimum Gasteiger partial charge on any atom is -0.380 e. The smallest absolute Gasteiger partial charge is 0.173 e. The third-order valence-corrected chi connectivity index (χ3v) is 5.31. The van der Waals surface area contributed by atoms with Crippen LogP contribution in [-0.4, -0.2) is 30.5 Å². The second-order valence-electron chi connectivity index (χ2n) is 6.75. The summed E-state index contributed by atoms with van der Waals surface area (Å²) in [6.07, 6.45) is 5.81. The number of nitrogens with zero attached hydrogens (tertiary/aromatic N) is 3. The number of allylic oxidation sites excluding steroid dienone is 5. The molecule has 0 bridgehead atoms. The van der Waals surface area contributed by atoms with Gasteiger partial charge in [-0.25, -0.2) is 8.78 Å². The van der Waals surface area contributed by atoms with Crippen molar-refractivity contribution in [2.24, 2.45) is 4.99 Å². The maximum atomic E-state index is 14.8. The van der Waals surface area contributed by atoms with Gasteiger partial charge >= 0.3 is 0 Å². The topological polar surface area (TPSA) is 63.4 Å². The third kappa shape index (κ3) is 5.51. The summed E-state index contributed by atoms with van der Waals surface area (Å²) in [5, 5.41) is 12.3. The predicted molar refractivity (Wildman–Crippen MR) is 122 cm³/mol. The average molecular weight is 430 g/mol. The van der Waals surface area contributed by atoms with Crippen molar-refractivity contribution >= 4 is 29.0 Å². The van der Waals surface area contributed by atoms with Gasteiger partial charge in [0.1, 0.15) is 17.6 Å². The lowest BCUT2D eigenvalue weighted by atomic mass is 9.96. The zero-order valence-electron chi connectivity index (χ0n) is 17.5. The predicted octanol–water partition coefficient (Wildman–Crippen LogP) is 5.61. The molecule has 0 radical (unpaired) electrons. The molecule has 1 aromatic rings. The van der Waals surface area contributed by atoms with Crippen molar-refractivity contribution in [1.82, 2.24) is 4.90 Å². The maximum absolute atomic E-state index is 14.8. The highest BCUT2D eigenvalue weighted by Gasteiger charge is 2.20. The molecule has 0 heterocycles. The molecule has 1 aliphatic carbocycles. The standard InChI is InChI=1S/C22H25F2N5S/c1-6-11-30-28-20-8-7-17(23)22(21(20)24)27-19-10-9-18(15(3)16(19)12-25)26-13-14(2)29(4)5/h7-10,13,27-28H,3,6,11H2,1-2,4-5H3/b14-13+,26-18?. The Morgan fingerprint density at radius 3 is 2.70 bits per heavy atom. The van der Waals surface area contributed by atoms with E-state index in [-0.39, 0.29) is 22.6 Å². The first kappa shape index (κ1) is 23.2. The van der Waals surface area contributed by atoms with Crippen LogP contribution in [0, 0.1) is 23.0 Å². The summed E-state index contributed by atoms with van der Waals surface area (Å²) in [5.41, 5.74) is 2.06. The van der Waals surface area contributed by atoms with Crippen LogP contribution >= 0.6 is 11.9 Å². The Labute approximate surface area is 180 Å². The number of nitriles is 1. The van der Waals surface area contributed by atoms with E-state index in [0.717, 1.165) is 17.9 Å². The van der Waals surface area contributed by atoms with E-state index in [4.69, 9.17) is 0 Å². The van der Waals surface area contributed by atoms with Gasteiger partial charge in [0.25, 0.3) is 0 Å². The van der Waals surface area contributed by atoms with E-state index in [1.54, 1.807) is 18.4 Å². The number of halogens is 2. The van der Waals surface area contributed by atoms with Crippen LogP contribution in [0.2, 0.25) is 0 Å². The molecule has 30 heavy (non-hydrogen) atoms. The molecule has 0 atom stereocenters. The van der Waals surface area contributed by atoms with E-state index in [1.807, 2.05) is 38.9 Å². The van der Waals surface area contributed by atoms with Crippen LogP contribution in [0.4, 0.5) is 20.2 Å². The molecule has 0 saturated carbocycles. The fourth-order valence-corrected chi connectivity index (χ4v) is 3.00. The Morgan fingerprint density at radius 2 is 2.07 bits per heavy atom. The minimum atomic E-state index is -0.758. The van der Waals surface area contributed by atoms with Gasteiger partial charge in [0.05, 0.1) is 22.7 Å². The summed E-state index contributed by atoms with van der Waals surface area (Å²) in [5.74, 6) is -0.729. The van der Waals surface area contributed by atoms with Crippen LogP contribution in [0.1, 0.15) is 20.3 Å². The molecule has 2 rings (SSSR count). The van der Waals surface area contributed by atoms with Crippen LogP contribution in [0.15, 0.2) is 64.6 Å². The molecule has 0 aromatic heterocycles. The fourth-order valence-electron chi connectivity index (χ4n) is 2.38. The molecular weight excluding hydrogens is 404 g/mol. The Bertz CT molecular complexity index is 984. The quantitative estimate of drug-likeness (QED) is 0.415. The number of anilines is 2. The molecule has 8 heteroatoms. The van der Waals surface area contributed by atoms with Crippen molar-refractivity contribution in [3.05, 3.63) is 71.2 Å². The zero-order chi connectivity index (χ0) is 22.3. The summed E-state index contributed by atoms with van der Waals surface area (Å²) < 4.78 is 32.1. The lowest BCUT2D eigenvalue weighted by Gasteiger charge is -2.18. The third-order valence-electron chi connectivity index (χ3n) is 4.33. The Morgan fingerprint density at radius 1 is 1.33 bits per heavy atom. The van der Waals surface area contributed by atoms with E-state index in [1.165, 1.54) is 24.1 Å². The molecule has 0 fully saturated rings. The summed E-state index contributed by atoms with van der Waals surface area (Å²) in [4.78, 5) is 6.27. The summed E-state index contributed by atoms with van der Waals surface area (Å²) in [6, 6.07) is 4.57. The van der Waals surface area contributed by atoms with Gasteiger partial charge in [0.2, 0.25) is 0 Å². The monoisotopic (exact) mass is 429 g/mol. The first-order valence-corrected chi connectivity index (χ1v) is 10.4. The van der Waals surface area contributed by atoms with Gasteiger partial charge in [-0.05, 0) is 37.6 Å². The minimum absolute atomic E-state index is 0.168. The highest BCUT2D eigenvalue weighted by atomic mass is 32.2. The van der Waals surface area contributed by atoms with Crippen molar-refractivity contribution in [3.63, 3.8) is 0 Å². The number of hydrogen-bond acceptors (Lipinski definition) is 6. The summed E-state index contributed by atoms with van der Waals surface area (Å²) in [7, 11) is 3.79. The van der Waals surface area contributed by atoms with Crippen LogP contribution in [0.25, 0.3) is 0 Å². The van der Waals surface area contributed by atoms with Crippen molar-refractivity contribution < 1.29 is 8.78 Å². The van der Waals surface area contributed by atoms with E-state index >= 15 is 0 Å².